The summed E-state index contributed by atoms with van der Waals surface area (Å²) >= 11 is 4.81. The summed E-state index contributed by atoms with van der Waals surface area (Å²) in [7, 11) is 0. The molecule has 0 atom stereocenters. The van der Waals surface area contributed by atoms with Crippen molar-refractivity contribution in [2.24, 2.45) is 0 Å². The molecule has 68 valence electrons. The Hall–Kier alpha value is 0.0700. The van der Waals surface area contributed by atoms with Gasteiger partial charge in [0.05, 0.1) is 17.2 Å². The fourth-order valence-electron chi connectivity index (χ4n) is 1.02. The number of aromatic nitrogens is 1. The van der Waals surface area contributed by atoms with Crippen molar-refractivity contribution < 1.29 is 5.11 Å². The summed E-state index contributed by atoms with van der Waals surface area (Å²) in [5.41, 5.74) is 1.00. The van der Waals surface area contributed by atoms with Crippen molar-refractivity contribution in [1.82, 2.24) is 4.98 Å². The minimum absolute atomic E-state index is 0.0145. The number of nitrogens with zero attached hydrogens (tertiary/aromatic N) is 1. The van der Waals surface area contributed by atoms with Crippen LogP contribution in [0.1, 0.15) is 31.3 Å². The highest BCUT2D eigenvalue weighted by Crippen LogP contribution is 2.31. The van der Waals surface area contributed by atoms with Crippen LogP contribution in [0.3, 0.4) is 0 Å². The zero-order valence-electron chi connectivity index (χ0n) is 7.39. The highest BCUT2D eigenvalue weighted by atomic mass is 79.9. The fraction of sp³-hybridized carbons (Fsp3) is 0.625. The summed E-state index contributed by atoms with van der Waals surface area (Å²) in [6, 6.07) is 0. The van der Waals surface area contributed by atoms with Gasteiger partial charge in [0, 0.05) is 5.41 Å². The van der Waals surface area contributed by atoms with Crippen LogP contribution >= 0.6 is 27.3 Å². The van der Waals surface area contributed by atoms with E-state index >= 15 is 0 Å². The predicted molar refractivity (Wildman–Crippen MR) is 54.4 cm³/mol. The lowest BCUT2D eigenvalue weighted by atomic mass is 9.91. The number of thiazole rings is 1. The first-order valence-corrected chi connectivity index (χ1v) is 5.32. The van der Waals surface area contributed by atoms with Gasteiger partial charge in [-0.05, 0) is 15.9 Å². The first kappa shape index (κ1) is 10.2. The van der Waals surface area contributed by atoms with Crippen molar-refractivity contribution in [2.45, 2.75) is 32.8 Å². The third kappa shape index (κ3) is 2.06. The first-order valence-electron chi connectivity index (χ1n) is 3.71. The second-order valence-electron chi connectivity index (χ2n) is 3.65. The average Bonchev–Trinajstić information content (AvgIpc) is 2.29. The van der Waals surface area contributed by atoms with Crippen LogP contribution in [0.4, 0.5) is 0 Å². The van der Waals surface area contributed by atoms with E-state index in [1.807, 2.05) is 0 Å². The third-order valence-electron chi connectivity index (χ3n) is 1.53. The maximum Gasteiger partial charge on any atom is 0.159 e. The van der Waals surface area contributed by atoms with Crippen molar-refractivity contribution >= 4 is 27.3 Å². The van der Waals surface area contributed by atoms with Crippen LogP contribution in [-0.4, -0.2) is 10.1 Å². The minimum atomic E-state index is 0.0145. The quantitative estimate of drug-likeness (QED) is 0.831. The van der Waals surface area contributed by atoms with Crippen molar-refractivity contribution in [3.8, 4) is 0 Å². The van der Waals surface area contributed by atoms with Gasteiger partial charge in [0.25, 0.3) is 0 Å². The van der Waals surface area contributed by atoms with Crippen molar-refractivity contribution in [2.75, 3.05) is 0 Å². The van der Waals surface area contributed by atoms with E-state index in [9.17, 15) is 0 Å². The highest BCUT2D eigenvalue weighted by molar-refractivity contribution is 9.11. The zero-order chi connectivity index (χ0) is 9.35. The zero-order valence-corrected chi connectivity index (χ0v) is 9.79. The predicted octanol–water partition coefficient (Wildman–Crippen LogP) is 2.70. The van der Waals surface area contributed by atoms with E-state index < -0.39 is 0 Å². The molecule has 1 heterocycles. The summed E-state index contributed by atoms with van der Waals surface area (Å²) in [6.07, 6.45) is 0. The second kappa shape index (κ2) is 3.44. The molecule has 2 nitrogen and oxygen atoms in total. The van der Waals surface area contributed by atoms with Crippen molar-refractivity contribution in [3.05, 3.63) is 14.5 Å². The van der Waals surface area contributed by atoms with E-state index in [1.54, 1.807) is 0 Å². The van der Waals surface area contributed by atoms with Gasteiger partial charge < -0.3 is 5.11 Å². The lowest BCUT2D eigenvalue weighted by molar-refractivity contribution is 0.282. The van der Waals surface area contributed by atoms with E-state index in [4.69, 9.17) is 5.11 Å². The molecule has 1 rings (SSSR count). The lowest BCUT2D eigenvalue weighted by Crippen LogP contribution is -2.13. The molecule has 0 aromatic carbocycles. The summed E-state index contributed by atoms with van der Waals surface area (Å²) in [6.45, 7) is 6.35. The standard InChI is InChI=1S/C8H12BrNOS/c1-8(2,3)6-5(4-11)12-7(9)10-6/h11H,4H2,1-3H3. The second-order valence-corrected chi connectivity index (χ2v) is 6.01. The normalized spacial score (nSPS) is 12.1. The van der Waals surface area contributed by atoms with Gasteiger partial charge in [-0.2, -0.15) is 0 Å². The van der Waals surface area contributed by atoms with Gasteiger partial charge in [0.2, 0.25) is 0 Å². The van der Waals surface area contributed by atoms with Gasteiger partial charge in [-0.3, -0.25) is 0 Å². The molecule has 12 heavy (non-hydrogen) atoms. The van der Waals surface area contributed by atoms with Gasteiger partial charge in [0.15, 0.2) is 3.92 Å². The molecule has 4 heteroatoms. The van der Waals surface area contributed by atoms with Crippen LogP contribution in [0.25, 0.3) is 0 Å². The van der Waals surface area contributed by atoms with E-state index in [0.29, 0.717) is 0 Å². The summed E-state index contributed by atoms with van der Waals surface area (Å²) in [5.74, 6) is 0. The minimum Gasteiger partial charge on any atom is -0.391 e. The van der Waals surface area contributed by atoms with Crippen LogP contribution in [-0.2, 0) is 12.0 Å². The van der Waals surface area contributed by atoms with E-state index in [2.05, 4.69) is 41.7 Å². The van der Waals surface area contributed by atoms with Gasteiger partial charge in [-0.25, -0.2) is 4.98 Å². The number of aliphatic hydroxyl groups is 1. The molecule has 0 spiro atoms. The molecule has 1 aromatic heterocycles. The molecule has 1 aromatic rings. The number of hydrogen-bond acceptors (Lipinski definition) is 3. The van der Waals surface area contributed by atoms with Crippen molar-refractivity contribution in [3.63, 3.8) is 0 Å². The molecule has 0 saturated carbocycles. The molecule has 0 saturated heterocycles. The molecule has 0 fully saturated rings. The summed E-state index contributed by atoms with van der Waals surface area (Å²) in [5, 5.41) is 9.04. The maximum absolute atomic E-state index is 9.04. The molecule has 1 N–H and O–H groups in total. The molecule has 0 radical (unpaired) electrons. The van der Waals surface area contributed by atoms with Gasteiger partial charge in [0.1, 0.15) is 0 Å². The fourth-order valence-corrected chi connectivity index (χ4v) is 2.63. The van der Waals surface area contributed by atoms with E-state index in [-0.39, 0.29) is 12.0 Å². The Kier molecular flexibility index (Phi) is 2.91. The lowest BCUT2D eigenvalue weighted by Gasteiger charge is -2.16. The Bertz CT molecular complexity index is 277. The Labute approximate surface area is 84.8 Å². The van der Waals surface area contributed by atoms with Crippen LogP contribution in [0.5, 0.6) is 0 Å². The molecular weight excluding hydrogens is 238 g/mol. The molecule has 0 aliphatic rings. The maximum atomic E-state index is 9.04. The molecule has 0 amide bonds. The number of hydrogen-bond donors (Lipinski definition) is 1. The van der Waals surface area contributed by atoms with Crippen LogP contribution < -0.4 is 0 Å². The Morgan fingerprint density at radius 1 is 1.50 bits per heavy atom. The van der Waals surface area contributed by atoms with Crippen molar-refractivity contribution in [1.29, 1.82) is 0 Å². The van der Waals surface area contributed by atoms with Crippen LogP contribution in [0.2, 0.25) is 0 Å². The average molecular weight is 250 g/mol. The first-order chi connectivity index (χ1) is 5.45. The topological polar surface area (TPSA) is 33.1 Å². The Morgan fingerprint density at radius 2 is 2.08 bits per heavy atom. The smallest absolute Gasteiger partial charge is 0.159 e. The number of aliphatic hydroxyl groups excluding tert-OH is 1. The van der Waals surface area contributed by atoms with Gasteiger partial charge >= 0.3 is 0 Å². The van der Waals surface area contributed by atoms with Crippen LogP contribution in [0, 0.1) is 0 Å². The van der Waals surface area contributed by atoms with Gasteiger partial charge in [-0.15, -0.1) is 11.3 Å². The number of halogens is 1. The van der Waals surface area contributed by atoms with Crippen LogP contribution in [0.15, 0.2) is 3.92 Å². The Morgan fingerprint density at radius 3 is 2.42 bits per heavy atom. The summed E-state index contributed by atoms with van der Waals surface area (Å²) in [4.78, 5) is 5.28. The molecular formula is C8H12BrNOS. The number of rotatable bonds is 1. The largest absolute Gasteiger partial charge is 0.391 e. The Balaban J connectivity index is 3.13. The molecule has 0 bridgehead atoms. The van der Waals surface area contributed by atoms with Gasteiger partial charge in [-0.1, -0.05) is 20.8 Å². The molecule has 0 unspecified atom stereocenters. The summed E-state index contributed by atoms with van der Waals surface area (Å²) < 4.78 is 0.844. The van der Waals surface area contributed by atoms with E-state index in [0.717, 1.165) is 14.5 Å². The molecule has 0 aliphatic heterocycles. The monoisotopic (exact) mass is 249 g/mol. The van der Waals surface area contributed by atoms with E-state index in [1.165, 1.54) is 11.3 Å². The SMILES string of the molecule is CC(C)(C)c1nc(Br)sc1CO. The third-order valence-corrected chi connectivity index (χ3v) is 3.02. The molecule has 0 aliphatic carbocycles. The highest BCUT2D eigenvalue weighted by Gasteiger charge is 2.21.